The predicted octanol–water partition coefficient (Wildman–Crippen LogP) is 4.02. The molecular weight excluding hydrogens is 465 g/mol. The molecule has 0 amide bonds. The first kappa shape index (κ1) is 23.1. The molecule has 0 bridgehead atoms. The van der Waals surface area contributed by atoms with E-state index in [0.717, 1.165) is 36.6 Å². The van der Waals surface area contributed by atoms with Gasteiger partial charge in [-0.2, -0.15) is 0 Å². The fourth-order valence-electron chi connectivity index (χ4n) is 2.26. The normalized spacial score (nSPS) is 10.9. The molecule has 1 aromatic carbocycles. The Bertz CT molecular complexity index is 743. The number of rotatable bonds is 8. The number of ether oxygens (including phenoxy) is 1. The van der Waals surface area contributed by atoms with Gasteiger partial charge in [0.05, 0.1) is 6.61 Å². The van der Waals surface area contributed by atoms with Gasteiger partial charge in [0.2, 0.25) is 5.88 Å². The van der Waals surface area contributed by atoms with Crippen molar-refractivity contribution in [2.45, 2.75) is 32.9 Å². The van der Waals surface area contributed by atoms with Gasteiger partial charge in [0, 0.05) is 37.5 Å². The molecule has 0 radical (unpaired) electrons. The lowest BCUT2D eigenvalue weighted by molar-refractivity contribution is 0.294. The summed E-state index contributed by atoms with van der Waals surface area (Å²) in [5.41, 5.74) is 1.13. The number of benzene rings is 1. The first-order valence-corrected chi connectivity index (χ1v) is 8.59. The number of pyridine rings is 1. The molecular formula is C19H25F2IN4O. The molecule has 0 aliphatic rings. The minimum atomic E-state index is -0.477. The highest BCUT2D eigenvalue weighted by Gasteiger charge is 2.08. The Balaban J connectivity index is 0.00000364. The molecule has 2 N–H and O–H groups in total. The van der Waals surface area contributed by atoms with Crippen LogP contribution in [0.2, 0.25) is 0 Å². The van der Waals surface area contributed by atoms with E-state index in [9.17, 15) is 8.78 Å². The molecule has 0 spiro atoms. The van der Waals surface area contributed by atoms with E-state index < -0.39 is 11.6 Å². The van der Waals surface area contributed by atoms with Crippen molar-refractivity contribution in [3.63, 3.8) is 0 Å². The Labute approximate surface area is 175 Å². The molecule has 5 nitrogen and oxygen atoms in total. The molecule has 0 aliphatic carbocycles. The van der Waals surface area contributed by atoms with Gasteiger partial charge in [0.25, 0.3) is 0 Å². The fourth-order valence-corrected chi connectivity index (χ4v) is 2.26. The van der Waals surface area contributed by atoms with Gasteiger partial charge in [-0.25, -0.2) is 13.8 Å². The van der Waals surface area contributed by atoms with Crippen LogP contribution in [-0.4, -0.2) is 24.6 Å². The molecule has 27 heavy (non-hydrogen) atoms. The molecule has 0 saturated carbocycles. The van der Waals surface area contributed by atoms with Crippen LogP contribution in [0.5, 0.6) is 5.88 Å². The highest BCUT2D eigenvalue weighted by molar-refractivity contribution is 14.0. The average Bonchev–Trinajstić information content (AvgIpc) is 2.65. The Morgan fingerprint density at radius 3 is 2.59 bits per heavy atom. The number of hydrogen-bond acceptors (Lipinski definition) is 3. The van der Waals surface area contributed by atoms with Crippen molar-refractivity contribution < 1.29 is 13.5 Å². The summed E-state index contributed by atoms with van der Waals surface area (Å²) in [4.78, 5) is 8.35. The second-order valence-corrected chi connectivity index (χ2v) is 5.68. The van der Waals surface area contributed by atoms with Crippen molar-refractivity contribution in [3.05, 3.63) is 59.3 Å². The molecule has 8 heteroatoms. The van der Waals surface area contributed by atoms with E-state index in [0.29, 0.717) is 25.0 Å². The van der Waals surface area contributed by atoms with Gasteiger partial charge >= 0.3 is 0 Å². The zero-order valence-corrected chi connectivity index (χ0v) is 17.8. The predicted molar refractivity (Wildman–Crippen MR) is 113 cm³/mol. The minimum absolute atomic E-state index is 0. The number of guanidine groups is 1. The molecule has 1 heterocycles. The lowest BCUT2D eigenvalue weighted by atomic mass is 10.2. The van der Waals surface area contributed by atoms with Crippen molar-refractivity contribution in [3.8, 4) is 5.88 Å². The van der Waals surface area contributed by atoms with E-state index in [1.165, 1.54) is 0 Å². The lowest BCUT2D eigenvalue weighted by Crippen LogP contribution is -2.36. The van der Waals surface area contributed by atoms with E-state index in [2.05, 4.69) is 27.5 Å². The largest absolute Gasteiger partial charge is 0.477 e. The number of nitrogens with zero attached hydrogens (tertiary/aromatic N) is 2. The summed E-state index contributed by atoms with van der Waals surface area (Å²) in [5, 5.41) is 6.09. The summed E-state index contributed by atoms with van der Waals surface area (Å²) in [6.45, 7) is 3.28. The van der Waals surface area contributed by atoms with Gasteiger partial charge < -0.3 is 15.4 Å². The number of aliphatic imine (C=N–C) groups is 1. The lowest BCUT2D eigenvalue weighted by Gasteiger charge is -2.14. The van der Waals surface area contributed by atoms with Gasteiger partial charge in [-0.05, 0) is 30.7 Å². The summed E-state index contributed by atoms with van der Waals surface area (Å²) in [6.07, 6.45) is 3.70. The second kappa shape index (κ2) is 12.4. The van der Waals surface area contributed by atoms with Crippen molar-refractivity contribution in [1.29, 1.82) is 0 Å². The molecule has 0 aliphatic heterocycles. The van der Waals surface area contributed by atoms with Crippen molar-refractivity contribution in [1.82, 2.24) is 15.6 Å². The van der Waals surface area contributed by atoms with Crippen molar-refractivity contribution >= 4 is 29.9 Å². The summed E-state index contributed by atoms with van der Waals surface area (Å²) in [7, 11) is 1.61. The summed E-state index contributed by atoms with van der Waals surface area (Å²) >= 11 is 0. The third kappa shape index (κ3) is 7.66. The number of halogens is 3. The number of nitrogens with one attached hydrogen (secondary N) is 2. The van der Waals surface area contributed by atoms with Gasteiger partial charge in [-0.3, -0.25) is 4.99 Å². The fraction of sp³-hybridized carbons (Fsp3) is 0.368. The Kier molecular flexibility index (Phi) is 10.6. The van der Waals surface area contributed by atoms with Crippen LogP contribution in [-0.2, 0) is 13.1 Å². The summed E-state index contributed by atoms with van der Waals surface area (Å²) < 4.78 is 32.6. The smallest absolute Gasteiger partial charge is 0.218 e. The highest BCUT2D eigenvalue weighted by atomic mass is 127. The third-order valence-electron chi connectivity index (χ3n) is 3.71. The van der Waals surface area contributed by atoms with E-state index in [1.807, 2.05) is 12.1 Å². The molecule has 0 unspecified atom stereocenters. The standard InChI is InChI=1S/C19H24F2N4O.HI/c1-3-4-10-26-18-14(6-5-9-23-18)12-24-19(22-2)25-13-15-11-16(20)7-8-17(15)21;/h5-9,11H,3-4,10,12-13H2,1-2H3,(H2,22,24,25);1H. The van der Waals surface area contributed by atoms with E-state index in [-0.39, 0.29) is 36.1 Å². The molecule has 2 rings (SSSR count). The van der Waals surface area contributed by atoms with Crippen LogP contribution in [0, 0.1) is 11.6 Å². The Morgan fingerprint density at radius 2 is 1.89 bits per heavy atom. The van der Waals surface area contributed by atoms with Crippen LogP contribution in [0.1, 0.15) is 30.9 Å². The highest BCUT2D eigenvalue weighted by Crippen LogP contribution is 2.14. The molecule has 0 atom stereocenters. The van der Waals surface area contributed by atoms with Crippen LogP contribution < -0.4 is 15.4 Å². The molecule has 148 valence electrons. The van der Waals surface area contributed by atoms with E-state index in [4.69, 9.17) is 4.74 Å². The van der Waals surface area contributed by atoms with E-state index in [1.54, 1.807) is 13.2 Å². The third-order valence-corrected chi connectivity index (χ3v) is 3.71. The molecule has 2 aromatic rings. The number of hydrogen-bond donors (Lipinski definition) is 2. The maximum absolute atomic E-state index is 13.7. The van der Waals surface area contributed by atoms with Crippen LogP contribution in [0.3, 0.4) is 0 Å². The average molecular weight is 490 g/mol. The first-order chi connectivity index (χ1) is 12.6. The summed E-state index contributed by atoms with van der Waals surface area (Å²) in [6, 6.07) is 7.12. The van der Waals surface area contributed by atoms with Crippen molar-refractivity contribution in [2.24, 2.45) is 4.99 Å². The second-order valence-electron chi connectivity index (χ2n) is 5.68. The maximum atomic E-state index is 13.7. The summed E-state index contributed by atoms with van der Waals surface area (Å²) in [5.74, 6) is 0.112. The molecule has 0 fully saturated rings. The van der Waals surface area contributed by atoms with Crippen LogP contribution >= 0.6 is 24.0 Å². The van der Waals surface area contributed by atoms with Crippen LogP contribution in [0.25, 0.3) is 0 Å². The van der Waals surface area contributed by atoms with Gasteiger partial charge in [0.1, 0.15) is 11.6 Å². The van der Waals surface area contributed by atoms with Gasteiger partial charge in [-0.1, -0.05) is 19.4 Å². The van der Waals surface area contributed by atoms with Gasteiger partial charge in [0.15, 0.2) is 5.96 Å². The zero-order valence-electron chi connectivity index (χ0n) is 15.5. The maximum Gasteiger partial charge on any atom is 0.218 e. The minimum Gasteiger partial charge on any atom is -0.477 e. The topological polar surface area (TPSA) is 58.5 Å². The molecule has 0 saturated heterocycles. The quantitative estimate of drug-likeness (QED) is 0.254. The number of unbranched alkanes of at least 4 members (excludes halogenated alkanes) is 1. The molecule has 1 aromatic heterocycles. The van der Waals surface area contributed by atoms with Crippen molar-refractivity contribution in [2.75, 3.05) is 13.7 Å². The van der Waals surface area contributed by atoms with Crippen LogP contribution in [0.4, 0.5) is 8.78 Å². The number of aromatic nitrogens is 1. The Morgan fingerprint density at radius 1 is 1.15 bits per heavy atom. The SMILES string of the molecule is CCCCOc1ncccc1CNC(=NC)NCc1cc(F)ccc1F.I. The van der Waals surface area contributed by atoms with Gasteiger partial charge in [-0.15, -0.1) is 24.0 Å². The Hall–Kier alpha value is -1.97. The monoisotopic (exact) mass is 490 g/mol. The zero-order chi connectivity index (χ0) is 18.8. The van der Waals surface area contributed by atoms with Crippen LogP contribution in [0.15, 0.2) is 41.5 Å². The first-order valence-electron chi connectivity index (χ1n) is 8.59. The van der Waals surface area contributed by atoms with E-state index >= 15 is 0 Å².